The van der Waals surface area contributed by atoms with Crippen LogP contribution < -0.4 is 5.56 Å². The Labute approximate surface area is 430 Å². The Morgan fingerprint density at radius 1 is 0.468 bits per heavy atom. The fraction of sp³-hybridized carbons (Fsp3) is 0.0625. The summed E-state index contributed by atoms with van der Waals surface area (Å²) < 4.78 is 100. The van der Waals surface area contributed by atoms with E-state index < -0.39 is 40.5 Å². The molecule has 384 valence electrons. The number of aromatic nitrogens is 18. The summed E-state index contributed by atoms with van der Waals surface area (Å²) in [6.45, 7) is 0.139. The maximum Gasteiger partial charge on any atom is 0.287 e. The number of nitrogens with one attached hydrogen (secondary N) is 1. The quantitative estimate of drug-likeness (QED) is 0.0894. The number of pyridine rings is 3. The lowest BCUT2D eigenvalue weighted by Gasteiger charge is -2.05. The molecule has 22 nitrogen and oxygen atoms in total. The summed E-state index contributed by atoms with van der Waals surface area (Å²) in [5.74, 6) is -3.23. The number of H-pyrrole nitrogens is 1. The van der Waals surface area contributed by atoms with Gasteiger partial charge in [-0.25, -0.2) is 46.9 Å². The fourth-order valence-corrected chi connectivity index (χ4v) is 7.18. The summed E-state index contributed by atoms with van der Waals surface area (Å²) in [5, 5.41) is 24.4. The number of halogens is 7. The summed E-state index contributed by atoms with van der Waals surface area (Å²) in [4.78, 5) is 45.3. The Morgan fingerprint density at radius 3 is 1.30 bits per heavy atom. The Balaban J connectivity index is 0.000000131. The van der Waals surface area contributed by atoms with Crippen LogP contribution in [0.3, 0.4) is 0 Å². The number of hydrogen-bond donors (Lipinski definition) is 1. The third kappa shape index (κ3) is 11.6. The summed E-state index contributed by atoms with van der Waals surface area (Å²) in [5.41, 5.74) is 3.69. The van der Waals surface area contributed by atoms with Crippen LogP contribution >= 0.6 is 11.6 Å². The lowest BCUT2D eigenvalue weighted by atomic mass is 10.2. The van der Waals surface area contributed by atoms with E-state index in [9.17, 15) is 31.1 Å². The van der Waals surface area contributed by atoms with Crippen molar-refractivity contribution in [2.24, 2.45) is 0 Å². The van der Waals surface area contributed by atoms with Gasteiger partial charge in [0.25, 0.3) is 5.56 Å². The molecular weight excluding hydrogens is 1040 g/mol. The van der Waals surface area contributed by atoms with Crippen LogP contribution in [-0.2, 0) is 19.6 Å². The van der Waals surface area contributed by atoms with Crippen molar-refractivity contribution in [2.75, 3.05) is 0 Å². The van der Waals surface area contributed by atoms with Gasteiger partial charge in [-0.05, 0) is 54.6 Å². The van der Waals surface area contributed by atoms with E-state index in [1.807, 2.05) is 0 Å². The second-order valence-electron chi connectivity index (χ2n) is 15.6. The van der Waals surface area contributed by atoms with E-state index in [0.29, 0.717) is 45.6 Å². The maximum atomic E-state index is 14.0. The predicted molar refractivity (Wildman–Crippen MR) is 254 cm³/mol. The van der Waals surface area contributed by atoms with Crippen molar-refractivity contribution in [3.63, 3.8) is 0 Å². The van der Waals surface area contributed by atoms with Gasteiger partial charge in [-0.15, -0.1) is 0 Å². The van der Waals surface area contributed by atoms with E-state index in [1.165, 1.54) is 87.8 Å². The van der Waals surface area contributed by atoms with Crippen LogP contribution in [0.25, 0.3) is 68.7 Å². The molecule has 0 aromatic carbocycles. The molecular formula is C48H29ClF6N18O4. The largest absolute Gasteiger partial charge is 0.364 e. The molecule has 0 radical (unpaired) electrons. The highest BCUT2D eigenvalue weighted by Crippen LogP contribution is 2.28. The molecule has 12 aromatic heterocycles. The first-order valence-corrected chi connectivity index (χ1v) is 22.5. The molecule has 0 aliphatic rings. The van der Waals surface area contributed by atoms with Crippen molar-refractivity contribution in [3.05, 3.63) is 202 Å². The summed E-state index contributed by atoms with van der Waals surface area (Å²) in [6, 6.07) is 18.2. The molecule has 12 aromatic rings. The van der Waals surface area contributed by atoms with Gasteiger partial charge < -0.3 is 18.6 Å². The van der Waals surface area contributed by atoms with Gasteiger partial charge in [0.15, 0.2) is 34.3 Å². The molecule has 0 unspecified atom stereocenters. The second-order valence-corrected chi connectivity index (χ2v) is 16.0. The zero-order valence-corrected chi connectivity index (χ0v) is 39.5. The molecule has 0 aliphatic carbocycles. The van der Waals surface area contributed by atoms with Gasteiger partial charge in [0.05, 0.1) is 78.6 Å². The summed E-state index contributed by atoms with van der Waals surface area (Å²) in [7, 11) is 0. The second kappa shape index (κ2) is 22.4. The van der Waals surface area contributed by atoms with Crippen LogP contribution in [0.1, 0.15) is 17.1 Å². The molecule has 0 bridgehead atoms. The highest BCUT2D eigenvalue weighted by atomic mass is 35.5. The number of hydrogen-bond acceptors (Lipinski definition) is 18. The van der Waals surface area contributed by atoms with Gasteiger partial charge in [-0.1, -0.05) is 27.1 Å². The first kappa shape index (κ1) is 50.2. The molecule has 29 heteroatoms. The minimum Gasteiger partial charge on any atom is -0.364 e. The van der Waals surface area contributed by atoms with Gasteiger partial charge in [0.1, 0.15) is 70.4 Å². The Bertz CT molecular complexity index is 4000. The maximum absolute atomic E-state index is 14.0. The van der Waals surface area contributed by atoms with Crippen molar-refractivity contribution in [2.45, 2.75) is 19.6 Å². The van der Waals surface area contributed by atoms with E-state index in [4.69, 9.17) is 25.2 Å². The zero-order valence-electron chi connectivity index (χ0n) is 38.7. The first-order valence-electron chi connectivity index (χ1n) is 22.1. The molecule has 0 atom stereocenters. The van der Waals surface area contributed by atoms with Crippen molar-refractivity contribution in [1.82, 2.24) is 89.7 Å². The minimum atomic E-state index is -1.000. The van der Waals surface area contributed by atoms with Gasteiger partial charge in [0, 0.05) is 36.8 Å². The van der Waals surface area contributed by atoms with Crippen molar-refractivity contribution in [3.8, 4) is 68.7 Å². The molecule has 1 N–H and O–H groups in total. The predicted octanol–water partition coefficient (Wildman–Crippen LogP) is 8.10. The Hall–Kier alpha value is -10.4. The van der Waals surface area contributed by atoms with Crippen molar-refractivity contribution < 1.29 is 39.9 Å². The number of nitrogens with zero attached hydrogens (tertiary/aromatic N) is 17. The lowest BCUT2D eigenvalue weighted by Crippen LogP contribution is -2.13. The summed E-state index contributed by atoms with van der Waals surface area (Å²) >= 11 is 5.71. The Kier molecular flexibility index (Phi) is 14.6. The highest BCUT2D eigenvalue weighted by Gasteiger charge is 2.21. The van der Waals surface area contributed by atoms with Gasteiger partial charge in [0.2, 0.25) is 5.82 Å². The van der Waals surface area contributed by atoms with Gasteiger partial charge in [-0.2, -0.15) is 19.7 Å². The molecule has 0 fully saturated rings. The van der Waals surface area contributed by atoms with Crippen LogP contribution in [0.5, 0.6) is 0 Å². The van der Waals surface area contributed by atoms with Crippen LogP contribution in [0, 0.1) is 34.9 Å². The third-order valence-electron chi connectivity index (χ3n) is 10.6. The zero-order chi connectivity index (χ0) is 53.4. The molecule has 0 aliphatic heterocycles. The van der Waals surface area contributed by atoms with E-state index >= 15 is 0 Å². The van der Waals surface area contributed by atoms with E-state index in [2.05, 4.69) is 75.6 Å². The van der Waals surface area contributed by atoms with E-state index in [0.717, 1.165) is 24.8 Å². The van der Waals surface area contributed by atoms with Crippen molar-refractivity contribution >= 4 is 11.6 Å². The van der Waals surface area contributed by atoms with E-state index in [1.54, 1.807) is 36.4 Å². The van der Waals surface area contributed by atoms with Crippen LogP contribution in [0.2, 0.25) is 5.15 Å². The van der Waals surface area contributed by atoms with E-state index in [-0.39, 0.29) is 65.0 Å². The normalized spacial score (nSPS) is 11.0. The van der Waals surface area contributed by atoms with Crippen LogP contribution in [0.15, 0.2) is 153 Å². The molecule has 12 rings (SSSR count). The van der Waals surface area contributed by atoms with Gasteiger partial charge >= 0.3 is 0 Å². The van der Waals surface area contributed by atoms with Crippen LogP contribution in [0.4, 0.5) is 26.3 Å². The SMILES string of the molecule is Fc1cnc(-c2cc(-c3ccon3)n(Cc3ncccc3F)n2)nc1.Fc1cnc(-c2cc(-c3ccon3)n(Cc3ncccc3F)n2)nc1Cl.O=c1[nH]c(-c2cc(-c3ccon3)n(Cc3ncccc3F)n2)ncc1F. The smallest absolute Gasteiger partial charge is 0.287 e. The molecule has 0 saturated heterocycles. The monoisotopic (exact) mass is 1070 g/mol. The molecule has 77 heavy (non-hydrogen) atoms. The molecule has 12 heterocycles. The average molecular weight is 1070 g/mol. The van der Waals surface area contributed by atoms with Gasteiger partial charge in [-0.3, -0.25) is 33.8 Å². The summed E-state index contributed by atoms with van der Waals surface area (Å²) in [6.07, 6.45) is 12.5. The van der Waals surface area contributed by atoms with Crippen molar-refractivity contribution in [1.29, 1.82) is 0 Å². The standard InChI is InChI=1S/C16H9ClF2N6O.C16H10F2N6O2.C16H10F2N6O/c17-15-10(19)7-21-16(22-15)12-6-14(11-3-5-26-24-11)25(23-12)8-13-9(18)2-1-4-20-13;17-9-2-1-4-19-13(9)8-24-14(11-3-5-26-23-11)6-12(22-24)15-20-7-10(18)16(25)21-15;17-10-7-20-16(21-8-10)13-6-15(12-3-5-25-23-12)24(22-13)9-14-11(18)2-1-4-19-14/h1-7H,8H2;1-7H,8H2,(H,20,21,25);1-8H,9H2. The third-order valence-corrected chi connectivity index (χ3v) is 10.9. The minimum absolute atomic E-state index is 0.0142. The highest BCUT2D eigenvalue weighted by molar-refractivity contribution is 6.29. The first-order chi connectivity index (χ1) is 37.4. The molecule has 0 saturated carbocycles. The number of rotatable bonds is 12. The fourth-order valence-electron chi connectivity index (χ4n) is 7.05. The average Bonchev–Trinajstić information content (AvgIpc) is 4.35. The molecule has 0 amide bonds. The molecule has 0 spiro atoms. The number of aromatic amines is 1. The lowest BCUT2D eigenvalue weighted by molar-refractivity contribution is 0.421. The topological polar surface area (TPSA) is 268 Å². The van der Waals surface area contributed by atoms with Crippen LogP contribution in [-0.4, -0.2) is 89.7 Å². The Morgan fingerprint density at radius 2 is 0.883 bits per heavy atom.